The van der Waals surface area contributed by atoms with E-state index in [0.29, 0.717) is 0 Å². The lowest BCUT2D eigenvalue weighted by Crippen LogP contribution is -2.05. The molecule has 0 aliphatic heterocycles. The number of carbonyl (C=O) groups is 1. The molecule has 1 aromatic rings. The second-order valence-corrected chi connectivity index (χ2v) is 3.99. The van der Waals surface area contributed by atoms with Crippen LogP contribution in [0.15, 0.2) is 18.3 Å². The first kappa shape index (κ1) is 11.8. The predicted molar refractivity (Wildman–Crippen MR) is 62.7 cm³/mol. The Hall–Kier alpha value is -1.23. The highest BCUT2D eigenvalue weighted by Gasteiger charge is 2.03. The Morgan fingerprint density at radius 2 is 2.47 bits per heavy atom. The molecule has 0 spiro atoms. The van der Waals surface area contributed by atoms with Gasteiger partial charge in [-0.05, 0) is 30.6 Å². The van der Waals surface area contributed by atoms with Crippen LogP contribution in [0.2, 0.25) is 0 Å². The molecule has 0 saturated carbocycles. The van der Waals surface area contributed by atoms with Gasteiger partial charge in [0.2, 0.25) is 0 Å². The normalized spacial score (nSPS) is 9.93. The van der Waals surface area contributed by atoms with Gasteiger partial charge in [0, 0.05) is 18.4 Å². The molecule has 0 saturated heterocycles. The zero-order chi connectivity index (χ0) is 11.1. The molecule has 0 amide bonds. The van der Waals surface area contributed by atoms with E-state index >= 15 is 0 Å². The molecule has 0 atom stereocenters. The summed E-state index contributed by atoms with van der Waals surface area (Å²) < 4.78 is 0. The minimum atomic E-state index is -0.997. The maximum absolute atomic E-state index is 10.6. The Kier molecular flexibility index (Phi) is 4.97. The van der Waals surface area contributed by atoms with Crippen LogP contribution in [0.4, 0.5) is 5.69 Å². The first-order valence-corrected chi connectivity index (χ1v) is 6.05. The Morgan fingerprint density at radius 3 is 3.13 bits per heavy atom. The molecule has 0 aromatic carbocycles. The van der Waals surface area contributed by atoms with Gasteiger partial charge in [-0.3, -0.25) is 0 Å². The third-order valence-electron chi connectivity index (χ3n) is 1.83. The highest BCUT2D eigenvalue weighted by Crippen LogP contribution is 2.08. The fourth-order valence-electron chi connectivity index (χ4n) is 1.11. The minimum Gasteiger partial charge on any atom is -0.477 e. The van der Waals surface area contributed by atoms with E-state index in [4.69, 9.17) is 5.11 Å². The van der Waals surface area contributed by atoms with Gasteiger partial charge in [0.25, 0.3) is 0 Å². The number of thioether (sulfide) groups is 1. The Bertz CT molecular complexity index is 331. The number of nitrogens with zero attached hydrogens (tertiary/aromatic N) is 1. The Balaban J connectivity index is 2.47. The number of pyridine rings is 1. The first-order chi connectivity index (χ1) is 7.24. The summed E-state index contributed by atoms with van der Waals surface area (Å²) in [6.45, 7) is 0.851. The lowest BCUT2D eigenvalue weighted by molar-refractivity contribution is 0.0690. The molecule has 5 heteroatoms. The van der Waals surface area contributed by atoms with Crippen LogP contribution >= 0.6 is 11.8 Å². The quantitative estimate of drug-likeness (QED) is 0.726. The highest BCUT2D eigenvalue weighted by molar-refractivity contribution is 7.98. The number of hydrogen-bond acceptors (Lipinski definition) is 4. The van der Waals surface area contributed by atoms with Gasteiger partial charge in [-0.15, -0.1) is 0 Å². The molecule has 0 aliphatic rings. The molecule has 0 aliphatic carbocycles. The van der Waals surface area contributed by atoms with Crippen molar-refractivity contribution < 1.29 is 9.90 Å². The van der Waals surface area contributed by atoms with Crippen molar-refractivity contribution in [1.82, 2.24) is 4.98 Å². The molecule has 0 bridgehead atoms. The summed E-state index contributed by atoms with van der Waals surface area (Å²) in [6, 6.07) is 3.31. The number of rotatable bonds is 6. The summed E-state index contributed by atoms with van der Waals surface area (Å²) in [5.41, 5.74) is 0.883. The lowest BCUT2D eigenvalue weighted by Gasteiger charge is -2.05. The molecule has 2 N–H and O–H groups in total. The zero-order valence-corrected chi connectivity index (χ0v) is 9.38. The van der Waals surface area contributed by atoms with E-state index in [0.717, 1.165) is 24.4 Å². The summed E-state index contributed by atoms with van der Waals surface area (Å²) in [5, 5.41) is 11.9. The average Bonchev–Trinajstić information content (AvgIpc) is 2.25. The monoisotopic (exact) mass is 226 g/mol. The average molecular weight is 226 g/mol. The van der Waals surface area contributed by atoms with Crippen molar-refractivity contribution in [1.29, 1.82) is 0 Å². The number of carboxylic acid groups (broad SMARTS) is 1. The molecular formula is C10H14N2O2S. The second-order valence-electron chi connectivity index (χ2n) is 3.01. The van der Waals surface area contributed by atoms with Gasteiger partial charge in [0.1, 0.15) is 5.69 Å². The number of aromatic nitrogens is 1. The van der Waals surface area contributed by atoms with Crippen LogP contribution in [0.1, 0.15) is 16.9 Å². The number of nitrogens with one attached hydrogen (secondary N) is 1. The smallest absolute Gasteiger partial charge is 0.354 e. The SMILES string of the molecule is CSCCCNc1ccnc(C(=O)O)c1. The van der Waals surface area contributed by atoms with Gasteiger partial charge < -0.3 is 10.4 Å². The molecule has 15 heavy (non-hydrogen) atoms. The van der Waals surface area contributed by atoms with Crippen molar-refractivity contribution in [3.8, 4) is 0 Å². The molecule has 1 rings (SSSR count). The Morgan fingerprint density at radius 1 is 1.67 bits per heavy atom. The minimum absolute atomic E-state index is 0.0740. The summed E-state index contributed by atoms with van der Waals surface area (Å²) >= 11 is 1.80. The molecule has 0 radical (unpaired) electrons. The van der Waals surface area contributed by atoms with Gasteiger partial charge >= 0.3 is 5.97 Å². The molecule has 82 valence electrons. The molecule has 0 unspecified atom stereocenters. The fourth-order valence-corrected chi connectivity index (χ4v) is 1.54. The van der Waals surface area contributed by atoms with Crippen LogP contribution in [0, 0.1) is 0 Å². The van der Waals surface area contributed by atoms with Gasteiger partial charge in [0.05, 0.1) is 0 Å². The number of hydrogen-bond donors (Lipinski definition) is 2. The molecule has 4 nitrogen and oxygen atoms in total. The van der Waals surface area contributed by atoms with Crippen LogP contribution in [0.25, 0.3) is 0 Å². The zero-order valence-electron chi connectivity index (χ0n) is 8.56. The maximum Gasteiger partial charge on any atom is 0.354 e. The molecule has 1 aromatic heterocycles. The summed E-state index contributed by atoms with van der Waals surface area (Å²) in [6.07, 6.45) is 4.63. The van der Waals surface area contributed by atoms with Crippen LogP contribution in [0.3, 0.4) is 0 Å². The maximum atomic E-state index is 10.6. The van der Waals surface area contributed by atoms with E-state index in [2.05, 4.69) is 16.6 Å². The predicted octanol–water partition coefficient (Wildman–Crippen LogP) is 1.94. The van der Waals surface area contributed by atoms with Crippen molar-refractivity contribution in [3.63, 3.8) is 0 Å². The van der Waals surface area contributed by atoms with E-state index in [-0.39, 0.29) is 5.69 Å². The third-order valence-corrected chi connectivity index (χ3v) is 2.53. The van der Waals surface area contributed by atoms with E-state index in [1.807, 2.05) is 0 Å². The molecular weight excluding hydrogens is 212 g/mol. The van der Waals surface area contributed by atoms with Crippen molar-refractivity contribution in [3.05, 3.63) is 24.0 Å². The van der Waals surface area contributed by atoms with Gasteiger partial charge in [0.15, 0.2) is 0 Å². The van der Waals surface area contributed by atoms with Gasteiger partial charge in [-0.1, -0.05) is 0 Å². The molecule has 1 heterocycles. The van der Waals surface area contributed by atoms with Crippen LogP contribution < -0.4 is 5.32 Å². The van der Waals surface area contributed by atoms with Gasteiger partial charge in [-0.2, -0.15) is 11.8 Å². The van der Waals surface area contributed by atoms with Crippen LogP contribution in [0.5, 0.6) is 0 Å². The number of aromatic carboxylic acids is 1. The van der Waals surface area contributed by atoms with E-state index in [9.17, 15) is 4.79 Å². The topological polar surface area (TPSA) is 62.2 Å². The van der Waals surface area contributed by atoms with Crippen molar-refractivity contribution in [2.75, 3.05) is 23.9 Å². The van der Waals surface area contributed by atoms with Crippen molar-refractivity contribution in [2.24, 2.45) is 0 Å². The molecule has 0 fully saturated rings. The largest absolute Gasteiger partial charge is 0.477 e. The fraction of sp³-hybridized carbons (Fsp3) is 0.400. The number of anilines is 1. The first-order valence-electron chi connectivity index (χ1n) is 4.66. The van der Waals surface area contributed by atoms with E-state index in [1.54, 1.807) is 23.9 Å². The second kappa shape index (κ2) is 6.29. The van der Waals surface area contributed by atoms with Crippen molar-refractivity contribution >= 4 is 23.4 Å². The van der Waals surface area contributed by atoms with Crippen molar-refractivity contribution in [2.45, 2.75) is 6.42 Å². The third kappa shape index (κ3) is 4.20. The summed E-state index contributed by atoms with van der Waals surface area (Å²) in [5.74, 6) is 0.104. The van der Waals surface area contributed by atoms with E-state index < -0.39 is 5.97 Å². The number of carboxylic acids is 1. The Labute approximate surface area is 93.1 Å². The van der Waals surface area contributed by atoms with E-state index in [1.165, 1.54) is 6.20 Å². The standard InChI is InChI=1S/C10H14N2O2S/c1-15-6-2-4-11-8-3-5-12-9(7-8)10(13)14/h3,5,7H,2,4,6H2,1H3,(H,11,12)(H,13,14). The summed E-state index contributed by atoms with van der Waals surface area (Å²) in [7, 11) is 0. The summed E-state index contributed by atoms with van der Waals surface area (Å²) in [4.78, 5) is 14.4. The van der Waals surface area contributed by atoms with Crippen LogP contribution in [-0.2, 0) is 0 Å². The highest BCUT2D eigenvalue weighted by atomic mass is 32.2. The van der Waals surface area contributed by atoms with Gasteiger partial charge in [-0.25, -0.2) is 9.78 Å². The van der Waals surface area contributed by atoms with Crippen LogP contribution in [-0.4, -0.2) is 34.6 Å². The lowest BCUT2D eigenvalue weighted by atomic mass is 10.3.